The molecule has 2 N–H and O–H groups in total. The van der Waals surface area contributed by atoms with E-state index in [4.69, 9.17) is 5.73 Å². The van der Waals surface area contributed by atoms with Crippen molar-refractivity contribution in [1.29, 1.82) is 0 Å². The van der Waals surface area contributed by atoms with E-state index < -0.39 is 0 Å². The molecule has 0 spiro atoms. The Hall–Kier alpha value is -1.73. The molecule has 0 saturated carbocycles. The average Bonchev–Trinajstić information content (AvgIpc) is 3.02. The van der Waals surface area contributed by atoms with Crippen LogP contribution in [0.2, 0.25) is 0 Å². The molecule has 0 aliphatic carbocycles. The molecule has 0 atom stereocenters. The molecule has 7 heteroatoms. The van der Waals surface area contributed by atoms with Crippen LogP contribution in [0.1, 0.15) is 5.56 Å². The minimum absolute atomic E-state index is 0.540. The van der Waals surface area contributed by atoms with Gasteiger partial charge in [-0.15, -0.1) is 10.2 Å². The van der Waals surface area contributed by atoms with Crippen molar-refractivity contribution in [2.24, 2.45) is 5.73 Å². The van der Waals surface area contributed by atoms with Crippen molar-refractivity contribution in [1.82, 2.24) is 15.2 Å². The van der Waals surface area contributed by atoms with Crippen LogP contribution in [0.5, 0.6) is 0 Å². The van der Waals surface area contributed by atoms with Crippen molar-refractivity contribution < 1.29 is 0 Å². The first kappa shape index (κ1) is 12.3. The van der Waals surface area contributed by atoms with Crippen molar-refractivity contribution in [3.05, 3.63) is 29.4 Å². The quantitative estimate of drug-likeness (QED) is 0.890. The molecule has 0 unspecified atom stereocenters. The molecular formula is C12H16N6S. The van der Waals surface area contributed by atoms with Crippen molar-refractivity contribution in [3.8, 4) is 0 Å². The van der Waals surface area contributed by atoms with Crippen LogP contribution in [0.4, 0.5) is 10.9 Å². The van der Waals surface area contributed by atoms with Crippen LogP contribution < -0.4 is 15.5 Å². The Morgan fingerprint density at radius 3 is 2.53 bits per heavy atom. The van der Waals surface area contributed by atoms with Gasteiger partial charge in [-0.1, -0.05) is 17.4 Å². The number of hydrogen-bond acceptors (Lipinski definition) is 7. The van der Waals surface area contributed by atoms with Crippen molar-refractivity contribution in [2.45, 2.75) is 6.54 Å². The molecule has 1 saturated heterocycles. The van der Waals surface area contributed by atoms with Gasteiger partial charge in [-0.25, -0.2) is 4.98 Å². The summed E-state index contributed by atoms with van der Waals surface area (Å²) in [7, 11) is 0. The van der Waals surface area contributed by atoms with Crippen LogP contribution in [-0.2, 0) is 6.54 Å². The number of piperazine rings is 1. The smallest absolute Gasteiger partial charge is 0.208 e. The summed E-state index contributed by atoms with van der Waals surface area (Å²) >= 11 is 1.59. The van der Waals surface area contributed by atoms with Crippen LogP contribution in [0, 0.1) is 0 Å². The summed E-state index contributed by atoms with van der Waals surface area (Å²) in [5.74, 6) is 1.02. The second-order valence-corrected chi connectivity index (χ2v) is 5.24. The minimum Gasteiger partial charge on any atom is -0.353 e. The fraction of sp³-hybridized carbons (Fsp3) is 0.417. The Morgan fingerprint density at radius 2 is 1.95 bits per heavy atom. The van der Waals surface area contributed by atoms with Crippen LogP contribution >= 0.6 is 11.3 Å². The van der Waals surface area contributed by atoms with Crippen LogP contribution in [0.3, 0.4) is 0 Å². The van der Waals surface area contributed by atoms with E-state index in [9.17, 15) is 0 Å². The molecule has 19 heavy (non-hydrogen) atoms. The Balaban J connectivity index is 1.63. The second-order valence-electron chi connectivity index (χ2n) is 4.42. The molecule has 1 aliphatic heterocycles. The van der Waals surface area contributed by atoms with E-state index in [1.54, 1.807) is 16.8 Å². The topological polar surface area (TPSA) is 71.2 Å². The number of hydrogen-bond donors (Lipinski definition) is 1. The van der Waals surface area contributed by atoms with E-state index in [1.807, 2.05) is 18.3 Å². The predicted octanol–water partition coefficient (Wildman–Crippen LogP) is 0.718. The van der Waals surface area contributed by atoms with Gasteiger partial charge in [0.25, 0.3) is 0 Å². The maximum Gasteiger partial charge on any atom is 0.208 e. The number of nitrogens with two attached hydrogens (primary N) is 1. The van der Waals surface area contributed by atoms with E-state index in [0.29, 0.717) is 6.54 Å². The molecule has 1 aliphatic rings. The van der Waals surface area contributed by atoms with Gasteiger partial charge < -0.3 is 15.5 Å². The van der Waals surface area contributed by atoms with Gasteiger partial charge in [-0.05, 0) is 11.6 Å². The van der Waals surface area contributed by atoms with Gasteiger partial charge in [0.15, 0.2) is 0 Å². The highest BCUT2D eigenvalue weighted by Crippen LogP contribution is 2.20. The lowest BCUT2D eigenvalue weighted by Gasteiger charge is -2.35. The van der Waals surface area contributed by atoms with Gasteiger partial charge in [0, 0.05) is 38.9 Å². The molecule has 2 aromatic rings. The lowest BCUT2D eigenvalue weighted by atomic mass is 10.2. The maximum absolute atomic E-state index is 5.58. The third-order valence-corrected chi connectivity index (χ3v) is 4.02. The molecule has 6 nitrogen and oxygen atoms in total. The first-order valence-corrected chi connectivity index (χ1v) is 7.16. The molecular weight excluding hydrogens is 260 g/mol. The molecule has 0 aromatic carbocycles. The number of rotatable bonds is 3. The second kappa shape index (κ2) is 5.50. The largest absolute Gasteiger partial charge is 0.353 e. The zero-order valence-electron chi connectivity index (χ0n) is 10.6. The summed E-state index contributed by atoms with van der Waals surface area (Å²) < 4.78 is 0. The van der Waals surface area contributed by atoms with Crippen molar-refractivity contribution in [2.75, 3.05) is 36.0 Å². The summed E-state index contributed by atoms with van der Waals surface area (Å²) in [4.78, 5) is 9.02. The number of anilines is 2. The first-order chi connectivity index (χ1) is 9.36. The zero-order chi connectivity index (χ0) is 13.1. The van der Waals surface area contributed by atoms with E-state index >= 15 is 0 Å². The van der Waals surface area contributed by atoms with Gasteiger partial charge in [0.05, 0.1) is 0 Å². The molecule has 2 aromatic heterocycles. The zero-order valence-corrected chi connectivity index (χ0v) is 11.4. The third kappa shape index (κ3) is 2.66. The molecule has 1 fully saturated rings. The minimum atomic E-state index is 0.540. The maximum atomic E-state index is 5.58. The number of aromatic nitrogens is 3. The molecule has 100 valence electrons. The Bertz CT molecular complexity index is 504. The molecule has 0 radical (unpaired) electrons. The lowest BCUT2D eigenvalue weighted by Crippen LogP contribution is -2.46. The fourth-order valence-electron chi connectivity index (χ4n) is 2.16. The highest BCUT2D eigenvalue weighted by Gasteiger charge is 2.19. The molecule has 3 heterocycles. The van der Waals surface area contributed by atoms with Crippen LogP contribution in [-0.4, -0.2) is 41.4 Å². The summed E-state index contributed by atoms with van der Waals surface area (Å²) in [5, 5.41) is 9.00. The lowest BCUT2D eigenvalue weighted by molar-refractivity contribution is 0.643. The van der Waals surface area contributed by atoms with E-state index in [0.717, 1.165) is 42.7 Å². The van der Waals surface area contributed by atoms with Crippen molar-refractivity contribution >= 4 is 22.3 Å². The highest BCUT2D eigenvalue weighted by atomic mass is 32.1. The summed E-state index contributed by atoms with van der Waals surface area (Å²) in [6, 6.07) is 4.09. The van der Waals surface area contributed by atoms with Gasteiger partial charge >= 0.3 is 0 Å². The SMILES string of the molecule is NCc1ccc(N2CCN(c3nncs3)CC2)nc1. The standard InChI is InChI=1S/C12H16N6S/c13-7-10-1-2-11(14-8-10)17-3-5-18(6-4-17)12-16-15-9-19-12/h1-2,8-9H,3-7,13H2. The fourth-order valence-corrected chi connectivity index (χ4v) is 2.77. The predicted molar refractivity (Wildman–Crippen MR) is 76.5 cm³/mol. The summed E-state index contributed by atoms with van der Waals surface area (Å²) in [5.41, 5.74) is 8.42. The Kier molecular flexibility index (Phi) is 3.56. The van der Waals surface area contributed by atoms with Gasteiger partial charge in [-0.3, -0.25) is 0 Å². The molecule has 0 bridgehead atoms. The molecule has 3 rings (SSSR count). The normalized spacial score (nSPS) is 15.8. The number of nitrogens with zero attached hydrogens (tertiary/aromatic N) is 5. The Labute approximate surface area is 115 Å². The van der Waals surface area contributed by atoms with E-state index in [1.165, 1.54) is 0 Å². The van der Waals surface area contributed by atoms with Gasteiger partial charge in [0.2, 0.25) is 5.13 Å². The van der Waals surface area contributed by atoms with Crippen LogP contribution in [0.25, 0.3) is 0 Å². The van der Waals surface area contributed by atoms with Gasteiger partial charge in [-0.2, -0.15) is 0 Å². The van der Waals surface area contributed by atoms with E-state index in [2.05, 4.69) is 25.0 Å². The first-order valence-electron chi connectivity index (χ1n) is 6.28. The summed E-state index contributed by atoms with van der Waals surface area (Å²) in [6.07, 6.45) is 1.85. The molecule has 0 amide bonds. The van der Waals surface area contributed by atoms with Crippen molar-refractivity contribution in [3.63, 3.8) is 0 Å². The monoisotopic (exact) mass is 276 g/mol. The third-order valence-electron chi connectivity index (χ3n) is 3.27. The van der Waals surface area contributed by atoms with E-state index in [-0.39, 0.29) is 0 Å². The average molecular weight is 276 g/mol. The Morgan fingerprint density at radius 1 is 1.16 bits per heavy atom. The van der Waals surface area contributed by atoms with Gasteiger partial charge in [0.1, 0.15) is 11.3 Å². The van der Waals surface area contributed by atoms with Crippen LogP contribution in [0.15, 0.2) is 23.8 Å². The highest BCUT2D eigenvalue weighted by molar-refractivity contribution is 7.13. The summed E-state index contributed by atoms with van der Waals surface area (Å²) in [6.45, 7) is 4.35. The number of pyridine rings is 1.